The zero-order valence-corrected chi connectivity index (χ0v) is 13.7. The van der Waals surface area contributed by atoms with Crippen molar-refractivity contribution in [1.29, 1.82) is 0 Å². The Morgan fingerprint density at radius 2 is 2.45 bits per heavy atom. The predicted molar refractivity (Wildman–Crippen MR) is 87.7 cm³/mol. The quantitative estimate of drug-likeness (QED) is 0.812. The predicted octanol–water partition coefficient (Wildman–Crippen LogP) is 2.85. The van der Waals surface area contributed by atoms with Gasteiger partial charge in [-0.25, -0.2) is 0 Å². The molecule has 0 radical (unpaired) electrons. The van der Waals surface area contributed by atoms with Crippen LogP contribution in [0, 0.1) is 11.8 Å². The minimum atomic E-state index is 0. The molecular weight excluding hydrogens is 292 g/mol. The fourth-order valence-corrected chi connectivity index (χ4v) is 3.39. The first-order valence-electron chi connectivity index (χ1n) is 7.24. The average Bonchev–Trinajstić information content (AvgIpc) is 3.06. The SMILES string of the molecule is CC(CNC(=O)CCC1CCNC1)Cc1cccs1.Cl. The van der Waals surface area contributed by atoms with E-state index in [9.17, 15) is 4.79 Å². The Morgan fingerprint density at radius 1 is 1.60 bits per heavy atom. The average molecular weight is 317 g/mol. The largest absolute Gasteiger partial charge is 0.356 e. The molecule has 1 aliphatic rings. The highest BCUT2D eigenvalue weighted by Gasteiger charge is 2.15. The van der Waals surface area contributed by atoms with Crippen molar-refractivity contribution < 1.29 is 4.79 Å². The van der Waals surface area contributed by atoms with Crippen molar-refractivity contribution >= 4 is 29.7 Å². The highest BCUT2D eigenvalue weighted by atomic mass is 35.5. The Hall–Kier alpha value is -0.580. The van der Waals surface area contributed by atoms with Crippen LogP contribution in [-0.4, -0.2) is 25.5 Å². The van der Waals surface area contributed by atoms with Gasteiger partial charge < -0.3 is 10.6 Å². The normalized spacial score (nSPS) is 19.4. The van der Waals surface area contributed by atoms with Crippen molar-refractivity contribution in [3.8, 4) is 0 Å². The summed E-state index contributed by atoms with van der Waals surface area (Å²) in [5.41, 5.74) is 0. The summed E-state index contributed by atoms with van der Waals surface area (Å²) in [4.78, 5) is 13.2. The van der Waals surface area contributed by atoms with Crippen LogP contribution in [0.4, 0.5) is 0 Å². The maximum Gasteiger partial charge on any atom is 0.220 e. The molecule has 20 heavy (non-hydrogen) atoms. The summed E-state index contributed by atoms with van der Waals surface area (Å²) >= 11 is 1.79. The van der Waals surface area contributed by atoms with E-state index in [0.717, 1.165) is 32.5 Å². The van der Waals surface area contributed by atoms with Gasteiger partial charge in [-0.2, -0.15) is 0 Å². The van der Waals surface area contributed by atoms with Gasteiger partial charge in [-0.15, -0.1) is 23.7 Å². The Bertz CT molecular complexity index is 377. The van der Waals surface area contributed by atoms with Gasteiger partial charge in [0.1, 0.15) is 0 Å². The molecule has 1 fully saturated rings. The van der Waals surface area contributed by atoms with Crippen LogP contribution in [-0.2, 0) is 11.2 Å². The summed E-state index contributed by atoms with van der Waals surface area (Å²) in [5.74, 6) is 1.43. The van der Waals surface area contributed by atoms with E-state index >= 15 is 0 Å². The minimum Gasteiger partial charge on any atom is -0.356 e. The van der Waals surface area contributed by atoms with Crippen LogP contribution in [0.1, 0.15) is 31.1 Å². The van der Waals surface area contributed by atoms with E-state index in [2.05, 4.69) is 35.1 Å². The van der Waals surface area contributed by atoms with Crippen molar-refractivity contribution in [3.63, 3.8) is 0 Å². The summed E-state index contributed by atoms with van der Waals surface area (Å²) in [6.07, 6.45) is 3.99. The molecule has 1 saturated heterocycles. The third kappa shape index (κ3) is 6.25. The molecule has 1 aliphatic heterocycles. The van der Waals surface area contributed by atoms with Crippen molar-refractivity contribution in [1.82, 2.24) is 10.6 Å². The standard InChI is InChI=1S/C15H24N2OS.ClH/c1-12(9-14-3-2-8-19-14)10-17-15(18)5-4-13-6-7-16-11-13;/h2-3,8,12-13,16H,4-7,9-11H2,1H3,(H,17,18);1H. The first kappa shape index (κ1) is 17.5. The summed E-state index contributed by atoms with van der Waals surface area (Å²) in [7, 11) is 0. The number of rotatable bonds is 7. The second-order valence-corrected chi connectivity index (χ2v) is 6.62. The lowest BCUT2D eigenvalue weighted by Gasteiger charge is -2.12. The van der Waals surface area contributed by atoms with E-state index in [1.165, 1.54) is 11.3 Å². The number of halogens is 1. The molecule has 114 valence electrons. The Labute approximate surface area is 131 Å². The van der Waals surface area contributed by atoms with Gasteiger partial charge in [0, 0.05) is 17.8 Å². The number of carbonyl (C=O) groups is 1. The third-order valence-corrected chi connectivity index (χ3v) is 4.62. The van der Waals surface area contributed by atoms with Crippen LogP contribution >= 0.6 is 23.7 Å². The fraction of sp³-hybridized carbons (Fsp3) is 0.667. The summed E-state index contributed by atoms with van der Waals surface area (Å²) < 4.78 is 0. The maximum absolute atomic E-state index is 11.8. The number of carbonyl (C=O) groups excluding carboxylic acids is 1. The van der Waals surface area contributed by atoms with Crippen molar-refractivity contribution in [2.75, 3.05) is 19.6 Å². The second kappa shape index (κ2) is 9.37. The van der Waals surface area contributed by atoms with Crippen LogP contribution in [0.3, 0.4) is 0 Å². The second-order valence-electron chi connectivity index (χ2n) is 5.59. The van der Waals surface area contributed by atoms with E-state index in [1.54, 1.807) is 11.3 Å². The van der Waals surface area contributed by atoms with Gasteiger partial charge >= 0.3 is 0 Å². The summed E-state index contributed by atoms with van der Waals surface area (Å²) in [5, 5.41) is 8.51. The lowest BCUT2D eigenvalue weighted by atomic mass is 10.0. The molecular formula is C15H25ClN2OS. The van der Waals surface area contributed by atoms with Gasteiger partial charge in [0.2, 0.25) is 5.91 Å². The van der Waals surface area contributed by atoms with E-state index in [-0.39, 0.29) is 18.3 Å². The molecule has 2 N–H and O–H groups in total. The molecule has 2 heterocycles. The first-order chi connectivity index (χ1) is 9.24. The molecule has 2 rings (SSSR count). The lowest BCUT2D eigenvalue weighted by molar-refractivity contribution is -0.121. The van der Waals surface area contributed by atoms with Gasteiger partial charge in [-0.05, 0) is 55.6 Å². The highest BCUT2D eigenvalue weighted by molar-refractivity contribution is 7.09. The molecule has 2 atom stereocenters. The number of hydrogen-bond donors (Lipinski definition) is 2. The third-order valence-electron chi connectivity index (χ3n) is 3.72. The number of amides is 1. The van der Waals surface area contributed by atoms with Crippen LogP contribution in [0.2, 0.25) is 0 Å². The van der Waals surface area contributed by atoms with Crippen molar-refractivity contribution in [2.24, 2.45) is 11.8 Å². The molecule has 1 aromatic rings. The number of nitrogens with one attached hydrogen (secondary N) is 2. The molecule has 1 aromatic heterocycles. The molecule has 2 unspecified atom stereocenters. The monoisotopic (exact) mass is 316 g/mol. The van der Waals surface area contributed by atoms with Crippen LogP contribution in [0.5, 0.6) is 0 Å². The Morgan fingerprint density at radius 3 is 3.10 bits per heavy atom. The number of hydrogen-bond acceptors (Lipinski definition) is 3. The Kier molecular flexibility index (Phi) is 8.19. The van der Waals surface area contributed by atoms with Gasteiger partial charge in [0.15, 0.2) is 0 Å². The van der Waals surface area contributed by atoms with Gasteiger partial charge in [0.05, 0.1) is 0 Å². The van der Waals surface area contributed by atoms with Crippen molar-refractivity contribution in [3.05, 3.63) is 22.4 Å². The highest BCUT2D eigenvalue weighted by Crippen LogP contribution is 2.15. The number of thiophene rings is 1. The van der Waals surface area contributed by atoms with Crippen LogP contribution in [0.25, 0.3) is 0 Å². The smallest absolute Gasteiger partial charge is 0.220 e. The van der Waals surface area contributed by atoms with Crippen molar-refractivity contribution in [2.45, 2.75) is 32.6 Å². The van der Waals surface area contributed by atoms with E-state index in [0.29, 0.717) is 18.3 Å². The van der Waals surface area contributed by atoms with E-state index in [4.69, 9.17) is 0 Å². The van der Waals surface area contributed by atoms with E-state index < -0.39 is 0 Å². The van der Waals surface area contributed by atoms with Gasteiger partial charge in [0.25, 0.3) is 0 Å². The molecule has 0 aliphatic carbocycles. The zero-order chi connectivity index (χ0) is 13.5. The fourth-order valence-electron chi connectivity index (χ4n) is 2.52. The van der Waals surface area contributed by atoms with Gasteiger partial charge in [-0.1, -0.05) is 13.0 Å². The van der Waals surface area contributed by atoms with Gasteiger partial charge in [-0.3, -0.25) is 4.79 Å². The lowest BCUT2D eigenvalue weighted by Crippen LogP contribution is -2.29. The first-order valence-corrected chi connectivity index (χ1v) is 8.12. The molecule has 0 bridgehead atoms. The van der Waals surface area contributed by atoms with Crippen LogP contribution < -0.4 is 10.6 Å². The molecule has 5 heteroatoms. The molecule has 0 spiro atoms. The summed E-state index contributed by atoms with van der Waals surface area (Å²) in [6.45, 7) is 5.19. The van der Waals surface area contributed by atoms with E-state index in [1.807, 2.05) is 0 Å². The zero-order valence-electron chi connectivity index (χ0n) is 12.1. The molecule has 1 amide bonds. The Balaban J connectivity index is 0.00000200. The molecule has 0 aromatic carbocycles. The topological polar surface area (TPSA) is 41.1 Å². The minimum absolute atomic E-state index is 0. The molecule has 0 saturated carbocycles. The maximum atomic E-state index is 11.8. The summed E-state index contributed by atoms with van der Waals surface area (Å²) in [6, 6.07) is 4.25. The molecule has 3 nitrogen and oxygen atoms in total. The van der Waals surface area contributed by atoms with Crippen LogP contribution in [0.15, 0.2) is 17.5 Å².